The van der Waals surface area contributed by atoms with Crippen LogP contribution in [0.1, 0.15) is 10.4 Å². The van der Waals surface area contributed by atoms with Gasteiger partial charge in [-0.25, -0.2) is 0 Å². The van der Waals surface area contributed by atoms with E-state index in [-0.39, 0.29) is 17.8 Å². The molecule has 0 bridgehead atoms. The molecule has 0 aliphatic heterocycles. The Bertz CT molecular complexity index is 849. The van der Waals surface area contributed by atoms with Gasteiger partial charge in [0.05, 0.1) is 9.90 Å². The Morgan fingerprint density at radius 1 is 1.27 bits per heavy atom. The third-order valence-corrected chi connectivity index (χ3v) is 4.60. The number of nitrogens with one attached hydrogen (secondary N) is 1. The highest BCUT2D eigenvalue weighted by Crippen LogP contribution is 2.37. The molecule has 0 spiro atoms. The fourth-order valence-corrected chi connectivity index (χ4v) is 3.51. The van der Waals surface area contributed by atoms with Gasteiger partial charge >= 0.3 is 6.01 Å². The molecule has 0 radical (unpaired) electrons. The van der Waals surface area contributed by atoms with Gasteiger partial charge in [0.25, 0.3) is 11.8 Å². The van der Waals surface area contributed by atoms with Crippen molar-refractivity contribution < 1.29 is 9.21 Å². The standard InChI is InChI=1S/C13H6BrCl2N3O2S/c14-7-3-1-2-6(4-7)11(20)17-13-19-18-12(21-13)8-5-9(15)22-10(8)16/h1-5H,(H,17,19,20). The summed E-state index contributed by atoms with van der Waals surface area (Å²) >= 11 is 16.4. The molecule has 2 heterocycles. The van der Waals surface area contributed by atoms with Crippen molar-refractivity contribution in [1.82, 2.24) is 10.2 Å². The molecule has 0 saturated carbocycles. The van der Waals surface area contributed by atoms with Gasteiger partial charge in [-0.3, -0.25) is 10.1 Å². The number of hydrogen-bond acceptors (Lipinski definition) is 5. The number of anilines is 1. The number of halogens is 3. The maximum absolute atomic E-state index is 12.1. The van der Waals surface area contributed by atoms with Crippen molar-refractivity contribution in [1.29, 1.82) is 0 Å². The van der Waals surface area contributed by atoms with Crippen molar-refractivity contribution in [2.24, 2.45) is 0 Å². The predicted octanol–water partition coefficient (Wildman–Crippen LogP) is 5.12. The normalized spacial score (nSPS) is 10.7. The molecule has 1 amide bonds. The van der Waals surface area contributed by atoms with E-state index in [4.69, 9.17) is 27.6 Å². The molecule has 0 fully saturated rings. The number of hydrogen-bond donors (Lipinski definition) is 1. The van der Waals surface area contributed by atoms with Crippen molar-refractivity contribution >= 4 is 62.4 Å². The molecule has 0 aliphatic carbocycles. The lowest BCUT2D eigenvalue weighted by molar-refractivity contribution is 0.102. The molecule has 2 aromatic heterocycles. The largest absolute Gasteiger partial charge is 0.403 e. The fraction of sp³-hybridized carbons (Fsp3) is 0. The third kappa shape index (κ3) is 3.33. The van der Waals surface area contributed by atoms with Crippen LogP contribution in [0.3, 0.4) is 0 Å². The first-order chi connectivity index (χ1) is 10.5. The first-order valence-corrected chi connectivity index (χ1v) is 8.25. The first-order valence-electron chi connectivity index (χ1n) is 5.88. The number of amides is 1. The molecule has 1 N–H and O–H groups in total. The summed E-state index contributed by atoms with van der Waals surface area (Å²) in [6, 6.07) is 8.55. The Balaban J connectivity index is 1.80. The molecular formula is C13H6BrCl2N3O2S. The van der Waals surface area contributed by atoms with E-state index < -0.39 is 0 Å². The molecule has 112 valence electrons. The summed E-state index contributed by atoms with van der Waals surface area (Å²) in [5, 5.41) is 10.2. The number of carbonyl (C=O) groups is 1. The lowest BCUT2D eigenvalue weighted by atomic mass is 10.2. The monoisotopic (exact) mass is 417 g/mol. The summed E-state index contributed by atoms with van der Waals surface area (Å²) in [5.41, 5.74) is 0.998. The van der Waals surface area contributed by atoms with Gasteiger partial charge in [-0.05, 0) is 24.3 Å². The Kier molecular flexibility index (Phi) is 4.49. The molecule has 9 heteroatoms. The van der Waals surface area contributed by atoms with Crippen LogP contribution >= 0.6 is 50.5 Å². The van der Waals surface area contributed by atoms with Crippen molar-refractivity contribution in [2.75, 3.05) is 5.32 Å². The summed E-state index contributed by atoms with van der Waals surface area (Å²) < 4.78 is 7.14. The van der Waals surface area contributed by atoms with Crippen LogP contribution in [0.5, 0.6) is 0 Å². The van der Waals surface area contributed by atoms with E-state index in [9.17, 15) is 4.79 Å². The van der Waals surface area contributed by atoms with Crippen molar-refractivity contribution in [3.8, 4) is 11.5 Å². The van der Waals surface area contributed by atoms with Crippen LogP contribution in [-0.2, 0) is 0 Å². The highest BCUT2D eigenvalue weighted by atomic mass is 79.9. The average molecular weight is 419 g/mol. The van der Waals surface area contributed by atoms with Crippen LogP contribution in [-0.4, -0.2) is 16.1 Å². The van der Waals surface area contributed by atoms with Crippen molar-refractivity contribution in [3.63, 3.8) is 0 Å². The summed E-state index contributed by atoms with van der Waals surface area (Å²) in [7, 11) is 0. The summed E-state index contributed by atoms with van der Waals surface area (Å²) in [6.07, 6.45) is 0. The fourth-order valence-electron chi connectivity index (χ4n) is 1.67. The van der Waals surface area contributed by atoms with Crippen molar-refractivity contribution in [3.05, 3.63) is 49.0 Å². The topological polar surface area (TPSA) is 68.0 Å². The summed E-state index contributed by atoms with van der Waals surface area (Å²) in [5.74, 6) is -0.163. The molecule has 3 rings (SSSR count). The number of carbonyl (C=O) groups excluding carboxylic acids is 1. The number of aromatic nitrogens is 2. The molecule has 0 unspecified atom stereocenters. The van der Waals surface area contributed by atoms with Gasteiger partial charge in [-0.2, -0.15) is 0 Å². The van der Waals surface area contributed by atoms with Gasteiger partial charge in [0.15, 0.2) is 0 Å². The van der Waals surface area contributed by atoms with Gasteiger partial charge < -0.3 is 4.42 Å². The van der Waals surface area contributed by atoms with Crippen LogP contribution in [0.2, 0.25) is 8.67 Å². The number of benzene rings is 1. The van der Waals surface area contributed by atoms with Crippen LogP contribution in [0.4, 0.5) is 6.01 Å². The molecule has 1 aromatic carbocycles. The van der Waals surface area contributed by atoms with E-state index in [0.717, 1.165) is 4.47 Å². The molecule has 3 aromatic rings. The lowest BCUT2D eigenvalue weighted by Gasteiger charge is -2.00. The Morgan fingerprint density at radius 3 is 2.77 bits per heavy atom. The van der Waals surface area contributed by atoms with Gasteiger partial charge in [0, 0.05) is 10.0 Å². The Hall–Kier alpha value is -1.41. The van der Waals surface area contributed by atoms with Gasteiger partial charge in [0.2, 0.25) is 0 Å². The second kappa shape index (κ2) is 6.37. The van der Waals surface area contributed by atoms with E-state index in [2.05, 4.69) is 31.4 Å². The van der Waals surface area contributed by atoms with Crippen LogP contribution < -0.4 is 5.32 Å². The zero-order valence-corrected chi connectivity index (χ0v) is 14.6. The minimum Gasteiger partial charge on any atom is -0.403 e. The highest BCUT2D eigenvalue weighted by Gasteiger charge is 2.17. The maximum atomic E-state index is 12.1. The molecule has 0 saturated heterocycles. The molecular weight excluding hydrogens is 413 g/mol. The highest BCUT2D eigenvalue weighted by molar-refractivity contribution is 9.10. The van der Waals surface area contributed by atoms with Crippen molar-refractivity contribution in [2.45, 2.75) is 0 Å². The summed E-state index contributed by atoms with van der Waals surface area (Å²) in [4.78, 5) is 12.1. The third-order valence-electron chi connectivity index (χ3n) is 2.62. The predicted molar refractivity (Wildman–Crippen MR) is 89.7 cm³/mol. The first kappa shape index (κ1) is 15.5. The quantitative estimate of drug-likeness (QED) is 0.640. The Labute approximate surface area is 147 Å². The molecule has 0 aliphatic rings. The smallest absolute Gasteiger partial charge is 0.322 e. The van der Waals surface area contributed by atoms with Crippen LogP contribution in [0.25, 0.3) is 11.5 Å². The van der Waals surface area contributed by atoms with E-state index in [1.165, 1.54) is 11.3 Å². The molecule has 0 atom stereocenters. The SMILES string of the molecule is O=C(Nc1nnc(-c2cc(Cl)sc2Cl)o1)c1cccc(Br)c1. The van der Waals surface area contributed by atoms with E-state index in [1.54, 1.807) is 24.3 Å². The average Bonchev–Trinajstić information content (AvgIpc) is 3.05. The van der Waals surface area contributed by atoms with Gasteiger partial charge in [0.1, 0.15) is 4.34 Å². The zero-order valence-electron chi connectivity index (χ0n) is 10.6. The number of rotatable bonds is 3. The van der Waals surface area contributed by atoms with Gasteiger partial charge in [-0.15, -0.1) is 16.4 Å². The minimum atomic E-state index is -0.356. The van der Waals surface area contributed by atoms with Crippen LogP contribution in [0, 0.1) is 0 Å². The van der Waals surface area contributed by atoms with Gasteiger partial charge in [-0.1, -0.05) is 50.3 Å². The number of nitrogens with zero attached hydrogens (tertiary/aromatic N) is 2. The molecule has 22 heavy (non-hydrogen) atoms. The second-order valence-corrected chi connectivity index (χ2v) is 7.32. The van der Waals surface area contributed by atoms with E-state index >= 15 is 0 Å². The van der Waals surface area contributed by atoms with E-state index in [0.29, 0.717) is 19.8 Å². The Morgan fingerprint density at radius 2 is 2.09 bits per heavy atom. The molecule has 5 nitrogen and oxygen atoms in total. The maximum Gasteiger partial charge on any atom is 0.322 e. The summed E-state index contributed by atoms with van der Waals surface area (Å²) in [6.45, 7) is 0. The zero-order chi connectivity index (χ0) is 15.7. The minimum absolute atomic E-state index is 0.0154. The van der Waals surface area contributed by atoms with Crippen LogP contribution in [0.15, 0.2) is 39.2 Å². The lowest BCUT2D eigenvalue weighted by Crippen LogP contribution is -2.11. The second-order valence-electron chi connectivity index (χ2n) is 4.11. The number of thiophene rings is 1. The van der Waals surface area contributed by atoms with E-state index in [1.807, 2.05) is 6.07 Å².